The van der Waals surface area contributed by atoms with Gasteiger partial charge in [0.1, 0.15) is 11.5 Å². The summed E-state index contributed by atoms with van der Waals surface area (Å²) in [6, 6.07) is 9.43. The second-order valence-corrected chi connectivity index (χ2v) is 4.83. The molecule has 0 unspecified atom stereocenters. The van der Waals surface area contributed by atoms with Gasteiger partial charge in [0, 0.05) is 11.9 Å². The number of nitrogens with zero attached hydrogens (tertiary/aromatic N) is 1. The zero-order valence-electron chi connectivity index (χ0n) is 11.1. The molecule has 1 aromatic carbocycles. The van der Waals surface area contributed by atoms with E-state index in [9.17, 15) is 4.79 Å². The molecule has 0 atom stereocenters. The summed E-state index contributed by atoms with van der Waals surface area (Å²) in [5, 5.41) is 4.67. The molecular weight excluding hydrogens is 240 g/mol. The van der Waals surface area contributed by atoms with E-state index >= 15 is 0 Å². The Labute approximate surface area is 112 Å². The Kier molecular flexibility index (Phi) is 3.97. The lowest BCUT2D eigenvalue weighted by Gasteiger charge is -2.10. The number of carbonyl (C=O) groups excluding carboxylic acids is 1. The molecule has 5 nitrogen and oxygen atoms in total. The van der Waals surface area contributed by atoms with Crippen LogP contribution in [-0.2, 0) is 0 Å². The Morgan fingerprint density at radius 3 is 2.79 bits per heavy atom. The summed E-state index contributed by atoms with van der Waals surface area (Å²) in [4.78, 5) is 16.3. The van der Waals surface area contributed by atoms with Gasteiger partial charge in [-0.05, 0) is 17.4 Å². The molecule has 0 aliphatic heterocycles. The Bertz CT molecular complexity index is 595. The molecule has 0 fully saturated rings. The van der Waals surface area contributed by atoms with Gasteiger partial charge in [-0.2, -0.15) is 0 Å². The van der Waals surface area contributed by atoms with E-state index in [0.29, 0.717) is 24.0 Å². The molecule has 2 rings (SSSR count). The van der Waals surface area contributed by atoms with E-state index in [2.05, 4.69) is 15.7 Å². The van der Waals surface area contributed by atoms with Gasteiger partial charge in [-0.15, -0.1) is 0 Å². The topological polar surface area (TPSA) is 80.0 Å². The van der Waals surface area contributed by atoms with Gasteiger partial charge in [0.05, 0.1) is 0 Å². The molecule has 0 spiro atoms. The Morgan fingerprint density at radius 1 is 1.37 bits per heavy atom. The van der Waals surface area contributed by atoms with Crippen LogP contribution in [0.25, 0.3) is 10.8 Å². The maximum Gasteiger partial charge on any atom is 0.270 e. The van der Waals surface area contributed by atoms with Gasteiger partial charge < -0.3 is 10.7 Å². The Hall–Kier alpha value is -2.14. The van der Waals surface area contributed by atoms with Crippen molar-refractivity contribution >= 4 is 22.5 Å². The van der Waals surface area contributed by atoms with Crippen molar-refractivity contribution in [2.24, 2.45) is 11.8 Å². The fourth-order valence-corrected chi connectivity index (χ4v) is 1.81. The van der Waals surface area contributed by atoms with Crippen LogP contribution in [0.5, 0.6) is 0 Å². The van der Waals surface area contributed by atoms with Crippen LogP contribution in [0.4, 0.5) is 5.82 Å². The number of nitrogens with two attached hydrogens (primary N) is 1. The van der Waals surface area contributed by atoms with Crippen molar-refractivity contribution in [1.82, 2.24) is 10.3 Å². The summed E-state index contributed by atoms with van der Waals surface area (Å²) in [6.07, 6.45) is 0. The highest BCUT2D eigenvalue weighted by atomic mass is 16.1. The first-order valence-electron chi connectivity index (χ1n) is 6.26. The van der Waals surface area contributed by atoms with Gasteiger partial charge in [-0.25, -0.2) is 10.8 Å². The Balaban J connectivity index is 2.36. The maximum atomic E-state index is 12.0. The minimum absolute atomic E-state index is 0.184. The summed E-state index contributed by atoms with van der Waals surface area (Å²) in [5.41, 5.74) is 2.91. The lowest BCUT2D eigenvalue weighted by Crippen LogP contribution is -2.28. The fraction of sp³-hybridized carbons (Fsp3) is 0.286. The van der Waals surface area contributed by atoms with E-state index in [4.69, 9.17) is 5.84 Å². The number of nitrogens with one attached hydrogen (secondary N) is 2. The van der Waals surface area contributed by atoms with Crippen LogP contribution in [-0.4, -0.2) is 17.4 Å². The molecule has 0 aliphatic rings. The monoisotopic (exact) mass is 258 g/mol. The van der Waals surface area contributed by atoms with Crippen LogP contribution >= 0.6 is 0 Å². The molecule has 1 amide bonds. The van der Waals surface area contributed by atoms with E-state index in [1.54, 1.807) is 6.07 Å². The number of hydrogen-bond donors (Lipinski definition) is 3. The largest absolute Gasteiger partial charge is 0.350 e. The van der Waals surface area contributed by atoms with Crippen LogP contribution in [0, 0.1) is 5.92 Å². The number of pyridine rings is 1. The number of carbonyl (C=O) groups is 1. The van der Waals surface area contributed by atoms with Gasteiger partial charge in [-0.3, -0.25) is 4.79 Å². The van der Waals surface area contributed by atoms with Crippen molar-refractivity contribution in [3.8, 4) is 0 Å². The summed E-state index contributed by atoms with van der Waals surface area (Å²) in [7, 11) is 0. The van der Waals surface area contributed by atoms with Crippen LogP contribution in [0.2, 0.25) is 0 Å². The maximum absolute atomic E-state index is 12.0. The summed E-state index contributed by atoms with van der Waals surface area (Å²) >= 11 is 0. The minimum Gasteiger partial charge on any atom is -0.350 e. The van der Waals surface area contributed by atoms with Crippen molar-refractivity contribution in [3.05, 3.63) is 36.0 Å². The van der Waals surface area contributed by atoms with Crippen LogP contribution in [0.3, 0.4) is 0 Å². The van der Waals surface area contributed by atoms with Crippen molar-refractivity contribution in [2.75, 3.05) is 12.0 Å². The quantitative estimate of drug-likeness (QED) is 0.578. The average molecular weight is 258 g/mol. The molecule has 0 bridgehead atoms. The van der Waals surface area contributed by atoms with Gasteiger partial charge in [-0.1, -0.05) is 38.1 Å². The molecule has 1 heterocycles. The highest BCUT2D eigenvalue weighted by Crippen LogP contribution is 2.21. The number of hydrogen-bond acceptors (Lipinski definition) is 4. The van der Waals surface area contributed by atoms with E-state index < -0.39 is 0 Å². The third kappa shape index (κ3) is 3.00. The standard InChI is InChI=1S/C14H18N4O/c1-9(2)8-16-14(19)12-7-10-5-3-4-6-11(10)13(17-12)18-15/h3-7,9H,8,15H2,1-2H3,(H,16,19)(H,17,18). The average Bonchev–Trinajstić information content (AvgIpc) is 2.43. The number of amides is 1. The first-order chi connectivity index (χ1) is 9.11. The van der Waals surface area contributed by atoms with Gasteiger partial charge in [0.2, 0.25) is 0 Å². The molecule has 2 aromatic rings. The number of anilines is 1. The SMILES string of the molecule is CC(C)CNC(=O)c1cc2ccccc2c(NN)n1. The number of nitrogen functional groups attached to an aromatic ring is 1. The van der Waals surface area contributed by atoms with Crippen LogP contribution < -0.4 is 16.6 Å². The van der Waals surface area contributed by atoms with Crippen molar-refractivity contribution in [1.29, 1.82) is 0 Å². The van der Waals surface area contributed by atoms with E-state index in [-0.39, 0.29) is 5.91 Å². The summed E-state index contributed by atoms with van der Waals surface area (Å²) in [6.45, 7) is 4.71. The summed E-state index contributed by atoms with van der Waals surface area (Å²) < 4.78 is 0. The molecule has 0 saturated heterocycles. The fourth-order valence-electron chi connectivity index (χ4n) is 1.81. The normalized spacial score (nSPS) is 10.7. The molecule has 0 aliphatic carbocycles. The van der Waals surface area contributed by atoms with Crippen molar-refractivity contribution < 1.29 is 4.79 Å². The van der Waals surface area contributed by atoms with Crippen molar-refractivity contribution in [3.63, 3.8) is 0 Å². The Morgan fingerprint density at radius 2 is 2.11 bits per heavy atom. The number of benzene rings is 1. The second kappa shape index (κ2) is 5.67. The molecule has 4 N–H and O–H groups in total. The third-order valence-corrected chi connectivity index (χ3v) is 2.78. The highest BCUT2D eigenvalue weighted by Gasteiger charge is 2.11. The van der Waals surface area contributed by atoms with Crippen molar-refractivity contribution in [2.45, 2.75) is 13.8 Å². The van der Waals surface area contributed by atoms with Crippen LogP contribution in [0.1, 0.15) is 24.3 Å². The first kappa shape index (κ1) is 13.3. The molecule has 1 aromatic heterocycles. The highest BCUT2D eigenvalue weighted by molar-refractivity contribution is 6.00. The molecular formula is C14H18N4O. The number of rotatable bonds is 4. The second-order valence-electron chi connectivity index (χ2n) is 4.83. The minimum atomic E-state index is -0.184. The molecule has 19 heavy (non-hydrogen) atoms. The van der Waals surface area contributed by atoms with E-state index in [1.807, 2.05) is 38.1 Å². The zero-order chi connectivity index (χ0) is 13.8. The van der Waals surface area contributed by atoms with Gasteiger partial charge in [0.15, 0.2) is 0 Å². The molecule has 0 saturated carbocycles. The third-order valence-electron chi connectivity index (χ3n) is 2.78. The molecule has 100 valence electrons. The van der Waals surface area contributed by atoms with E-state index in [0.717, 1.165) is 10.8 Å². The smallest absolute Gasteiger partial charge is 0.270 e. The first-order valence-corrected chi connectivity index (χ1v) is 6.26. The van der Waals surface area contributed by atoms with Gasteiger partial charge in [0.25, 0.3) is 5.91 Å². The predicted molar refractivity (Wildman–Crippen MR) is 76.7 cm³/mol. The number of aromatic nitrogens is 1. The van der Waals surface area contributed by atoms with E-state index in [1.165, 1.54) is 0 Å². The lowest BCUT2D eigenvalue weighted by molar-refractivity contribution is 0.0944. The van der Waals surface area contributed by atoms with Crippen LogP contribution in [0.15, 0.2) is 30.3 Å². The molecule has 0 radical (unpaired) electrons. The zero-order valence-corrected chi connectivity index (χ0v) is 11.1. The number of fused-ring (bicyclic) bond motifs is 1. The number of hydrazine groups is 1. The molecule has 5 heteroatoms. The van der Waals surface area contributed by atoms with Gasteiger partial charge >= 0.3 is 0 Å². The predicted octanol–water partition coefficient (Wildman–Crippen LogP) is 1.91. The summed E-state index contributed by atoms with van der Waals surface area (Å²) in [5.74, 6) is 6.19. The lowest BCUT2D eigenvalue weighted by atomic mass is 10.1.